The fourth-order valence-electron chi connectivity index (χ4n) is 4.16. The quantitative estimate of drug-likeness (QED) is 0.371. The summed E-state index contributed by atoms with van der Waals surface area (Å²) in [4.78, 5) is 18.4. The zero-order valence-electron chi connectivity index (χ0n) is 17.3. The Morgan fingerprint density at radius 3 is 2.61 bits per heavy atom. The smallest absolute Gasteiger partial charge is 0.220 e. The zero-order valence-corrected chi connectivity index (χ0v) is 19.7. The maximum absolute atomic E-state index is 11.6. The molecule has 2 atom stereocenters. The first-order valence-electron chi connectivity index (χ1n) is 9.84. The van der Waals surface area contributed by atoms with Gasteiger partial charge in [-0.2, -0.15) is 0 Å². The number of aliphatic imine (C=N–C) groups is 1. The highest BCUT2D eigenvalue weighted by atomic mass is 127. The van der Waals surface area contributed by atoms with Crippen LogP contribution in [0.1, 0.15) is 38.2 Å². The van der Waals surface area contributed by atoms with Gasteiger partial charge in [0.25, 0.3) is 0 Å². The van der Waals surface area contributed by atoms with E-state index in [4.69, 9.17) is 4.74 Å². The Balaban J connectivity index is 0.00000280. The van der Waals surface area contributed by atoms with Crippen LogP contribution in [0.4, 0.5) is 0 Å². The summed E-state index contributed by atoms with van der Waals surface area (Å²) in [5, 5.41) is 6.39. The molecule has 156 valence electrons. The van der Waals surface area contributed by atoms with Crippen molar-refractivity contribution < 1.29 is 9.53 Å². The van der Waals surface area contributed by atoms with E-state index in [2.05, 4.69) is 39.6 Å². The lowest BCUT2D eigenvalue weighted by atomic mass is 9.93. The van der Waals surface area contributed by atoms with Gasteiger partial charge in [-0.3, -0.25) is 9.79 Å². The average molecular weight is 500 g/mol. The second-order valence-electron chi connectivity index (χ2n) is 7.87. The average Bonchev–Trinajstić information content (AvgIpc) is 3.37. The van der Waals surface area contributed by atoms with Gasteiger partial charge in [-0.05, 0) is 31.2 Å². The highest BCUT2D eigenvalue weighted by Crippen LogP contribution is 2.51. The summed E-state index contributed by atoms with van der Waals surface area (Å²) in [6, 6.07) is 8.63. The molecule has 7 heteroatoms. The van der Waals surface area contributed by atoms with Gasteiger partial charge in [-0.1, -0.05) is 25.1 Å². The topological polar surface area (TPSA) is 66.0 Å². The maximum Gasteiger partial charge on any atom is 0.220 e. The SMILES string of the molecule is CN=C(NC1CC1(C)c1ccccc1OC)N1CCC(CC(=O)NC)CC1.I. The molecule has 3 rings (SSSR count). The van der Waals surface area contributed by atoms with Crippen LogP contribution in [0.15, 0.2) is 29.3 Å². The van der Waals surface area contributed by atoms with E-state index in [9.17, 15) is 4.79 Å². The van der Waals surface area contributed by atoms with Gasteiger partial charge < -0.3 is 20.3 Å². The Kier molecular flexibility index (Phi) is 7.97. The summed E-state index contributed by atoms with van der Waals surface area (Å²) in [5.41, 5.74) is 1.32. The first-order valence-corrected chi connectivity index (χ1v) is 9.84. The molecule has 1 aliphatic heterocycles. The number of hydrogen-bond acceptors (Lipinski definition) is 3. The molecule has 2 unspecified atom stereocenters. The molecule has 1 aromatic carbocycles. The highest BCUT2D eigenvalue weighted by molar-refractivity contribution is 14.0. The first-order chi connectivity index (χ1) is 13.0. The Morgan fingerprint density at radius 1 is 1.32 bits per heavy atom. The molecule has 28 heavy (non-hydrogen) atoms. The van der Waals surface area contributed by atoms with Crippen LogP contribution < -0.4 is 15.4 Å². The molecule has 0 spiro atoms. The number of carbonyl (C=O) groups excluding carboxylic acids is 1. The molecule has 2 aliphatic rings. The molecule has 1 saturated heterocycles. The lowest BCUT2D eigenvalue weighted by Gasteiger charge is -2.34. The number of likely N-dealkylation sites (tertiary alicyclic amines) is 1. The predicted octanol–water partition coefficient (Wildman–Crippen LogP) is 2.77. The lowest BCUT2D eigenvalue weighted by molar-refractivity contribution is -0.121. The van der Waals surface area contributed by atoms with Crippen molar-refractivity contribution >= 4 is 35.8 Å². The number of carbonyl (C=O) groups is 1. The lowest BCUT2D eigenvalue weighted by Crippen LogP contribution is -2.47. The normalized spacial score (nSPS) is 24.9. The maximum atomic E-state index is 11.6. The Hall–Kier alpha value is -1.51. The van der Waals surface area contributed by atoms with Crippen molar-refractivity contribution in [3.63, 3.8) is 0 Å². The number of para-hydroxylation sites is 1. The summed E-state index contributed by atoms with van der Waals surface area (Å²) in [6.07, 6.45) is 3.76. The molecule has 6 nitrogen and oxygen atoms in total. The summed E-state index contributed by atoms with van der Waals surface area (Å²) < 4.78 is 5.56. The molecular weight excluding hydrogens is 467 g/mol. The Bertz CT molecular complexity index is 703. The number of benzene rings is 1. The van der Waals surface area contributed by atoms with E-state index in [0.29, 0.717) is 18.4 Å². The van der Waals surface area contributed by atoms with E-state index in [-0.39, 0.29) is 35.3 Å². The second kappa shape index (κ2) is 9.80. The number of ether oxygens (including phenoxy) is 1. The van der Waals surface area contributed by atoms with Crippen molar-refractivity contribution in [1.29, 1.82) is 0 Å². The fraction of sp³-hybridized carbons (Fsp3) is 0.619. The molecule has 2 N–H and O–H groups in total. The number of rotatable bonds is 5. The van der Waals surface area contributed by atoms with E-state index < -0.39 is 0 Å². The largest absolute Gasteiger partial charge is 0.496 e. The Morgan fingerprint density at radius 2 is 2.00 bits per heavy atom. The Labute approximate surface area is 185 Å². The van der Waals surface area contributed by atoms with Crippen molar-refractivity contribution in [1.82, 2.24) is 15.5 Å². The van der Waals surface area contributed by atoms with Gasteiger partial charge in [0.1, 0.15) is 5.75 Å². The fourth-order valence-corrected chi connectivity index (χ4v) is 4.16. The number of guanidine groups is 1. The third-order valence-electron chi connectivity index (χ3n) is 6.14. The van der Waals surface area contributed by atoms with Gasteiger partial charge in [0, 0.05) is 50.6 Å². The van der Waals surface area contributed by atoms with Crippen LogP contribution in [-0.4, -0.2) is 57.1 Å². The summed E-state index contributed by atoms with van der Waals surface area (Å²) in [7, 11) is 5.29. The van der Waals surface area contributed by atoms with E-state index in [1.54, 1.807) is 14.2 Å². The minimum Gasteiger partial charge on any atom is -0.496 e. The second-order valence-corrected chi connectivity index (χ2v) is 7.87. The van der Waals surface area contributed by atoms with E-state index in [0.717, 1.165) is 44.1 Å². The third kappa shape index (κ3) is 4.90. The molecule has 2 fully saturated rings. The van der Waals surface area contributed by atoms with Gasteiger partial charge in [0.05, 0.1) is 7.11 Å². The molecule has 0 radical (unpaired) electrons. The van der Waals surface area contributed by atoms with Gasteiger partial charge in [-0.15, -0.1) is 24.0 Å². The van der Waals surface area contributed by atoms with Crippen molar-refractivity contribution in [2.45, 2.75) is 44.1 Å². The highest BCUT2D eigenvalue weighted by Gasteiger charge is 2.53. The van der Waals surface area contributed by atoms with Crippen LogP contribution in [0.3, 0.4) is 0 Å². The number of piperidine rings is 1. The number of hydrogen-bond donors (Lipinski definition) is 2. The molecule has 0 bridgehead atoms. The summed E-state index contributed by atoms with van der Waals surface area (Å²) in [6.45, 7) is 4.17. The van der Waals surface area contributed by atoms with E-state index in [1.807, 2.05) is 19.2 Å². The number of methoxy groups -OCH3 is 1. The number of amides is 1. The minimum atomic E-state index is 0. The number of nitrogens with zero attached hydrogens (tertiary/aromatic N) is 2. The van der Waals surface area contributed by atoms with Crippen molar-refractivity contribution in [2.75, 3.05) is 34.3 Å². The molecule has 1 aliphatic carbocycles. The van der Waals surface area contributed by atoms with Crippen LogP contribution >= 0.6 is 24.0 Å². The van der Waals surface area contributed by atoms with Crippen LogP contribution in [-0.2, 0) is 10.2 Å². The van der Waals surface area contributed by atoms with Crippen LogP contribution in [0.25, 0.3) is 0 Å². The molecular formula is C21H33IN4O2. The van der Waals surface area contributed by atoms with Crippen LogP contribution in [0.2, 0.25) is 0 Å². The molecule has 1 amide bonds. The minimum absolute atomic E-state index is 0. The summed E-state index contributed by atoms with van der Waals surface area (Å²) in [5.74, 6) is 2.53. The molecule has 1 saturated carbocycles. The van der Waals surface area contributed by atoms with Crippen molar-refractivity contribution in [3.05, 3.63) is 29.8 Å². The van der Waals surface area contributed by atoms with Crippen molar-refractivity contribution in [2.24, 2.45) is 10.9 Å². The number of nitrogens with one attached hydrogen (secondary N) is 2. The monoisotopic (exact) mass is 500 g/mol. The first kappa shape index (κ1) is 22.8. The van der Waals surface area contributed by atoms with Gasteiger partial charge in [0.2, 0.25) is 5.91 Å². The molecule has 1 aromatic rings. The van der Waals surface area contributed by atoms with Crippen LogP contribution in [0.5, 0.6) is 5.75 Å². The molecule has 1 heterocycles. The third-order valence-corrected chi connectivity index (χ3v) is 6.14. The van der Waals surface area contributed by atoms with Gasteiger partial charge in [0.15, 0.2) is 5.96 Å². The molecule has 0 aromatic heterocycles. The van der Waals surface area contributed by atoms with Crippen molar-refractivity contribution in [3.8, 4) is 5.75 Å². The number of halogens is 1. The van der Waals surface area contributed by atoms with Crippen LogP contribution in [0, 0.1) is 5.92 Å². The summed E-state index contributed by atoms with van der Waals surface area (Å²) >= 11 is 0. The van der Waals surface area contributed by atoms with E-state index in [1.165, 1.54) is 5.56 Å². The van der Waals surface area contributed by atoms with Gasteiger partial charge >= 0.3 is 0 Å². The standard InChI is InChI=1S/C21H32N4O2.HI/c1-21(16-7-5-6-8-17(16)27-4)14-18(21)24-20(23-3)25-11-9-15(10-12-25)13-19(26)22-2;/h5-8,15,18H,9-14H2,1-4H3,(H,22,26)(H,23,24);1H. The predicted molar refractivity (Wildman–Crippen MR) is 124 cm³/mol. The van der Waals surface area contributed by atoms with E-state index >= 15 is 0 Å². The van der Waals surface area contributed by atoms with Gasteiger partial charge in [-0.25, -0.2) is 0 Å². The zero-order chi connectivity index (χ0) is 19.4.